The van der Waals surface area contributed by atoms with Crippen LogP contribution >= 0.6 is 0 Å². The number of oxime groups is 1. The first kappa shape index (κ1) is 8.43. The number of nitrogens with two attached hydrogens (primary N) is 1. The normalized spacial score (nSPS) is 11.9. The molecule has 2 rings (SSSR count). The standard InChI is InChI=1S/C9H8N4O/c10-9(13-14)8-5-6-3-1-2-4-7(6)11-12-8/h1-5,14H,(H2,10,13). The van der Waals surface area contributed by atoms with Crippen molar-refractivity contribution in [3.05, 3.63) is 36.0 Å². The molecule has 1 heterocycles. The Hall–Kier alpha value is -2.17. The Kier molecular flexibility index (Phi) is 1.98. The lowest BCUT2D eigenvalue weighted by molar-refractivity contribution is 0.318. The first-order valence-corrected chi connectivity index (χ1v) is 4.01. The van der Waals surface area contributed by atoms with Crippen molar-refractivity contribution in [1.82, 2.24) is 10.2 Å². The number of fused-ring (bicyclic) bond motifs is 1. The van der Waals surface area contributed by atoms with E-state index in [0.29, 0.717) is 5.69 Å². The van der Waals surface area contributed by atoms with Gasteiger partial charge in [0.25, 0.3) is 0 Å². The molecule has 3 N–H and O–H groups in total. The first-order chi connectivity index (χ1) is 6.81. The highest BCUT2D eigenvalue weighted by molar-refractivity contribution is 5.97. The van der Waals surface area contributed by atoms with E-state index in [1.54, 1.807) is 6.07 Å². The molecule has 14 heavy (non-hydrogen) atoms. The highest BCUT2D eigenvalue weighted by Crippen LogP contribution is 2.10. The summed E-state index contributed by atoms with van der Waals surface area (Å²) >= 11 is 0. The lowest BCUT2D eigenvalue weighted by Crippen LogP contribution is -2.15. The fourth-order valence-electron chi connectivity index (χ4n) is 1.16. The smallest absolute Gasteiger partial charge is 0.190 e. The number of nitrogens with zero attached hydrogens (tertiary/aromatic N) is 3. The Bertz CT molecular complexity index is 495. The van der Waals surface area contributed by atoms with Crippen molar-refractivity contribution in [2.45, 2.75) is 0 Å². The van der Waals surface area contributed by atoms with Gasteiger partial charge in [0.1, 0.15) is 5.69 Å². The van der Waals surface area contributed by atoms with Crippen LogP contribution in [0, 0.1) is 0 Å². The van der Waals surface area contributed by atoms with Crippen molar-refractivity contribution in [2.75, 3.05) is 0 Å². The summed E-state index contributed by atoms with van der Waals surface area (Å²) in [5.41, 5.74) is 6.53. The van der Waals surface area contributed by atoms with E-state index in [4.69, 9.17) is 10.9 Å². The quantitative estimate of drug-likeness (QED) is 0.299. The largest absolute Gasteiger partial charge is 0.409 e. The summed E-state index contributed by atoms with van der Waals surface area (Å²) in [7, 11) is 0. The summed E-state index contributed by atoms with van der Waals surface area (Å²) in [6.45, 7) is 0. The fraction of sp³-hybridized carbons (Fsp3) is 0. The molecule has 0 aliphatic heterocycles. The lowest BCUT2D eigenvalue weighted by atomic mass is 10.2. The van der Waals surface area contributed by atoms with Crippen molar-refractivity contribution in [1.29, 1.82) is 0 Å². The van der Waals surface area contributed by atoms with Gasteiger partial charge in [-0.3, -0.25) is 0 Å². The summed E-state index contributed by atoms with van der Waals surface area (Å²) in [6, 6.07) is 9.22. The summed E-state index contributed by atoms with van der Waals surface area (Å²) in [6.07, 6.45) is 0. The van der Waals surface area contributed by atoms with Crippen LogP contribution in [-0.4, -0.2) is 21.2 Å². The maximum atomic E-state index is 8.46. The van der Waals surface area contributed by atoms with Crippen LogP contribution in [0.5, 0.6) is 0 Å². The van der Waals surface area contributed by atoms with Gasteiger partial charge in [-0.15, -0.1) is 10.2 Å². The molecule has 0 atom stereocenters. The van der Waals surface area contributed by atoms with E-state index in [9.17, 15) is 0 Å². The molecule has 0 aliphatic rings. The monoisotopic (exact) mass is 188 g/mol. The van der Waals surface area contributed by atoms with Crippen LogP contribution in [0.2, 0.25) is 0 Å². The second-order valence-corrected chi connectivity index (χ2v) is 2.77. The van der Waals surface area contributed by atoms with Gasteiger partial charge in [-0.2, -0.15) is 0 Å². The highest BCUT2D eigenvalue weighted by atomic mass is 16.4. The number of hydrogen-bond acceptors (Lipinski definition) is 4. The van der Waals surface area contributed by atoms with E-state index >= 15 is 0 Å². The second-order valence-electron chi connectivity index (χ2n) is 2.77. The van der Waals surface area contributed by atoms with E-state index in [0.717, 1.165) is 10.9 Å². The molecular formula is C9H8N4O. The topological polar surface area (TPSA) is 84.4 Å². The minimum Gasteiger partial charge on any atom is -0.409 e. The van der Waals surface area contributed by atoms with Crippen molar-refractivity contribution in [3.8, 4) is 0 Å². The van der Waals surface area contributed by atoms with Crippen LogP contribution in [0.4, 0.5) is 0 Å². The SMILES string of the molecule is N/C(=N/O)c1cc2ccccc2nn1. The van der Waals surface area contributed by atoms with Gasteiger partial charge in [0.2, 0.25) is 0 Å². The van der Waals surface area contributed by atoms with Gasteiger partial charge >= 0.3 is 0 Å². The van der Waals surface area contributed by atoms with E-state index < -0.39 is 0 Å². The summed E-state index contributed by atoms with van der Waals surface area (Å²) in [5, 5.41) is 20.0. The molecule has 1 aromatic carbocycles. The lowest BCUT2D eigenvalue weighted by Gasteiger charge is -1.98. The van der Waals surface area contributed by atoms with Crippen molar-refractivity contribution >= 4 is 16.7 Å². The Balaban J connectivity index is 2.62. The third kappa shape index (κ3) is 1.35. The molecule has 1 aromatic heterocycles. The van der Waals surface area contributed by atoms with E-state index in [1.165, 1.54) is 0 Å². The Morgan fingerprint density at radius 2 is 2.07 bits per heavy atom. The van der Waals surface area contributed by atoms with Crippen LogP contribution in [-0.2, 0) is 0 Å². The number of hydrogen-bond donors (Lipinski definition) is 2. The van der Waals surface area contributed by atoms with Gasteiger partial charge in [0.05, 0.1) is 5.52 Å². The Morgan fingerprint density at radius 1 is 1.29 bits per heavy atom. The van der Waals surface area contributed by atoms with E-state index in [-0.39, 0.29) is 5.84 Å². The van der Waals surface area contributed by atoms with Crippen LogP contribution in [0.3, 0.4) is 0 Å². The molecule has 2 aromatic rings. The third-order valence-corrected chi connectivity index (χ3v) is 1.86. The Morgan fingerprint density at radius 3 is 2.86 bits per heavy atom. The predicted molar refractivity (Wildman–Crippen MR) is 52.0 cm³/mol. The molecule has 0 aliphatic carbocycles. The second kappa shape index (κ2) is 3.29. The summed E-state index contributed by atoms with van der Waals surface area (Å²) in [5.74, 6) is -0.0387. The molecule has 70 valence electrons. The van der Waals surface area contributed by atoms with Gasteiger partial charge in [-0.05, 0) is 12.1 Å². The van der Waals surface area contributed by atoms with Gasteiger partial charge < -0.3 is 10.9 Å². The zero-order chi connectivity index (χ0) is 9.97. The van der Waals surface area contributed by atoms with Crippen LogP contribution in [0.15, 0.2) is 35.5 Å². The van der Waals surface area contributed by atoms with Gasteiger partial charge in [-0.25, -0.2) is 0 Å². The zero-order valence-corrected chi connectivity index (χ0v) is 7.25. The molecule has 0 radical (unpaired) electrons. The fourth-order valence-corrected chi connectivity index (χ4v) is 1.16. The van der Waals surface area contributed by atoms with Crippen LogP contribution < -0.4 is 5.73 Å². The third-order valence-electron chi connectivity index (χ3n) is 1.86. The predicted octanol–water partition coefficient (Wildman–Crippen LogP) is 0.724. The minimum absolute atomic E-state index is 0.0387. The van der Waals surface area contributed by atoms with E-state index in [2.05, 4.69) is 15.4 Å². The van der Waals surface area contributed by atoms with Gasteiger partial charge in [0.15, 0.2) is 5.84 Å². The molecule has 0 saturated carbocycles. The number of rotatable bonds is 1. The average molecular weight is 188 g/mol. The molecule has 0 spiro atoms. The molecule has 0 saturated heterocycles. The minimum atomic E-state index is -0.0387. The zero-order valence-electron chi connectivity index (χ0n) is 7.25. The molecule has 0 bridgehead atoms. The first-order valence-electron chi connectivity index (χ1n) is 4.01. The molecule has 0 amide bonds. The van der Waals surface area contributed by atoms with Crippen LogP contribution in [0.1, 0.15) is 5.69 Å². The van der Waals surface area contributed by atoms with Crippen molar-refractivity contribution in [2.24, 2.45) is 10.9 Å². The molecule has 5 nitrogen and oxygen atoms in total. The molecule has 5 heteroatoms. The number of aromatic nitrogens is 2. The maximum absolute atomic E-state index is 8.46. The molecule has 0 unspecified atom stereocenters. The summed E-state index contributed by atoms with van der Waals surface area (Å²) in [4.78, 5) is 0. The highest BCUT2D eigenvalue weighted by Gasteiger charge is 2.02. The Labute approximate surface area is 79.9 Å². The molecular weight excluding hydrogens is 180 g/mol. The van der Waals surface area contributed by atoms with Crippen LogP contribution in [0.25, 0.3) is 10.9 Å². The van der Waals surface area contributed by atoms with Gasteiger partial charge in [-0.1, -0.05) is 23.4 Å². The van der Waals surface area contributed by atoms with E-state index in [1.807, 2.05) is 24.3 Å². The maximum Gasteiger partial charge on any atom is 0.190 e. The molecule has 0 fully saturated rings. The summed E-state index contributed by atoms with van der Waals surface area (Å²) < 4.78 is 0. The number of amidine groups is 1. The van der Waals surface area contributed by atoms with Gasteiger partial charge in [0, 0.05) is 5.39 Å². The average Bonchev–Trinajstić information content (AvgIpc) is 2.27. The van der Waals surface area contributed by atoms with Crippen molar-refractivity contribution < 1.29 is 5.21 Å². The van der Waals surface area contributed by atoms with Crippen molar-refractivity contribution in [3.63, 3.8) is 0 Å². The number of benzene rings is 1.